The van der Waals surface area contributed by atoms with Crippen molar-refractivity contribution in [1.29, 1.82) is 0 Å². The van der Waals surface area contributed by atoms with E-state index < -0.39 is 0 Å². The van der Waals surface area contributed by atoms with E-state index >= 15 is 0 Å². The first kappa shape index (κ1) is 13.9. The number of unbranched alkanes of at least 4 members (excludes halogenated alkanes) is 1. The minimum atomic E-state index is 0.439. The first-order chi connectivity index (χ1) is 7.83. The Hall–Kier alpha value is -0.160. The fourth-order valence-corrected chi connectivity index (χ4v) is 1.96. The van der Waals surface area contributed by atoms with E-state index in [1.807, 2.05) is 0 Å². The molecule has 2 N–H and O–H groups in total. The van der Waals surface area contributed by atoms with Crippen LogP contribution in [0.2, 0.25) is 0 Å². The average molecular weight is 230 g/mol. The van der Waals surface area contributed by atoms with E-state index in [1.54, 1.807) is 7.11 Å². The number of methoxy groups -OCH3 is 1. The van der Waals surface area contributed by atoms with Crippen molar-refractivity contribution < 1.29 is 9.47 Å². The molecule has 4 heteroatoms. The standard InChI is InChI=1S/C12H26N2O2/c1-15-10-11-16-9-3-2-6-14-7-4-12(13)5-8-14/h12H,2-11,13H2,1H3. The summed E-state index contributed by atoms with van der Waals surface area (Å²) in [6.07, 6.45) is 4.68. The van der Waals surface area contributed by atoms with Crippen molar-refractivity contribution in [3.8, 4) is 0 Å². The highest BCUT2D eigenvalue weighted by Crippen LogP contribution is 2.08. The summed E-state index contributed by atoms with van der Waals surface area (Å²) in [6.45, 7) is 5.81. The third kappa shape index (κ3) is 6.43. The van der Waals surface area contributed by atoms with Crippen molar-refractivity contribution in [3.63, 3.8) is 0 Å². The third-order valence-electron chi connectivity index (χ3n) is 3.08. The van der Waals surface area contributed by atoms with Crippen molar-refractivity contribution >= 4 is 0 Å². The molecule has 0 spiro atoms. The van der Waals surface area contributed by atoms with Crippen LogP contribution in [0.4, 0.5) is 0 Å². The molecular formula is C12H26N2O2. The summed E-state index contributed by atoms with van der Waals surface area (Å²) in [6, 6.07) is 0.439. The van der Waals surface area contributed by atoms with Crippen LogP contribution in [0.25, 0.3) is 0 Å². The quantitative estimate of drug-likeness (QED) is 0.628. The highest BCUT2D eigenvalue weighted by Gasteiger charge is 2.14. The summed E-state index contributed by atoms with van der Waals surface area (Å²) >= 11 is 0. The lowest BCUT2D eigenvalue weighted by Gasteiger charge is -2.29. The molecule has 0 aromatic heterocycles. The number of likely N-dealkylation sites (tertiary alicyclic amines) is 1. The van der Waals surface area contributed by atoms with Gasteiger partial charge in [0.25, 0.3) is 0 Å². The van der Waals surface area contributed by atoms with Gasteiger partial charge in [0, 0.05) is 19.8 Å². The largest absolute Gasteiger partial charge is 0.382 e. The molecule has 1 aliphatic heterocycles. The van der Waals surface area contributed by atoms with Gasteiger partial charge in [-0.25, -0.2) is 0 Å². The van der Waals surface area contributed by atoms with Crippen LogP contribution in [0.1, 0.15) is 25.7 Å². The zero-order chi connectivity index (χ0) is 11.6. The normalized spacial score (nSPS) is 19.1. The van der Waals surface area contributed by atoms with Gasteiger partial charge in [-0.2, -0.15) is 0 Å². The van der Waals surface area contributed by atoms with Crippen LogP contribution >= 0.6 is 0 Å². The molecule has 1 rings (SSSR count). The lowest BCUT2D eigenvalue weighted by molar-refractivity contribution is 0.0672. The van der Waals surface area contributed by atoms with Crippen molar-refractivity contribution in [1.82, 2.24) is 4.90 Å². The first-order valence-electron chi connectivity index (χ1n) is 6.37. The minimum Gasteiger partial charge on any atom is -0.382 e. The van der Waals surface area contributed by atoms with E-state index in [4.69, 9.17) is 15.2 Å². The second-order valence-electron chi connectivity index (χ2n) is 4.49. The monoisotopic (exact) mass is 230 g/mol. The van der Waals surface area contributed by atoms with Crippen molar-refractivity contribution in [2.45, 2.75) is 31.7 Å². The van der Waals surface area contributed by atoms with E-state index in [0.29, 0.717) is 12.6 Å². The van der Waals surface area contributed by atoms with Crippen LogP contribution in [0, 0.1) is 0 Å². The SMILES string of the molecule is COCCOCCCCN1CCC(N)CC1. The molecule has 0 bridgehead atoms. The van der Waals surface area contributed by atoms with E-state index in [9.17, 15) is 0 Å². The molecule has 0 radical (unpaired) electrons. The summed E-state index contributed by atoms with van der Waals surface area (Å²) in [7, 11) is 1.70. The summed E-state index contributed by atoms with van der Waals surface area (Å²) < 4.78 is 10.3. The predicted molar refractivity (Wildman–Crippen MR) is 65.6 cm³/mol. The van der Waals surface area contributed by atoms with E-state index in [0.717, 1.165) is 32.5 Å². The second kappa shape index (κ2) is 8.93. The van der Waals surface area contributed by atoms with Gasteiger partial charge in [0.2, 0.25) is 0 Å². The Morgan fingerprint density at radius 2 is 1.88 bits per heavy atom. The Morgan fingerprint density at radius 1 is 1.12 bits per heavy atom. The molecule has 0 amide bonds. The fourth-order valence-electron chi connectivity index (χ4n) is 1.96. The molecule has 16 heavy (non-hydrogen) atoms. The van der Waals surface area contributed by atoms with Crippen LogP contribution in [0.3, 0.4) is 0 Å². The predicted octanol–water partition coefficient (Wildman–Crippen LogP) is 0.853. The minimum absolute atomic E-state index is 0.439. The highest BCUT2D eigenvalue weighted by atomic mass is 16.5. The highest BCUT2D eigenvalue weighted by molar-refractivity contribution is 4.73. The van der Waals surface area contributed by atoms with Gasteiger partial charge < -0.3 is 20.1 Å². The molecule has 1 saturated heterocycles. The molecule has 4 nitrogen and oxygen atoms in total. The van der Waals surface area contributed by atoms with Crippen LogP contribution in [0.15, 0.2) is 0 Å². The van der Waals surface area contributed by atoms with Crippen LogP contribution in [0.5, 0.6) is 0 Å². The number of hydrogen-bond acceptors (Lipinski definition) is 4. The van der Waals surface area contributed by atoms with Crippen molar-refractivity contribution in [2.24, 2.45) is 5.73 Å². The maximum atomic E-state index is 5.86. The van der Waals surface area contributed by atoms with Crippen molar-refractivity contribution in [2.75, 3.05) is 46.6 Å². The van der Waals surface area contributed by atoms with Gasteiger partial charge in [0.05, 0.1) is 13.2 Å². The molecule has 0 unspecified atom stereocenters. The first-order valence-corrected chi connectivity index (χ1v) is 6.37. The maximum absolute atomic E-state index is 5.86. The molecular weight excluding hydrogens is 204 g/mol. The second-order valence-corrected chi connectivity index (χ2v) is 4.49. The molecule has 0 aromatic rings. The maximum Gasteiger partial charge on any atom is 0.0700 e. The van der Waals surface area contributed by atoms with Gasteiger partial charge >= 0.3 is 0 Å². The summed E-state index contributed by atoms with van der Waals surface area (Å²) in [5, 5.41) is 0. The zero-order valence-electron chi connectivity index (χ0n) is 10.5. The van der Waals surface area contributed by atoms with Crippen LogP contribution in [-0.2, 0) is 9.47 Å². The van der Waals surface area contributed by atoms with Gasteiger partial charge in [-0.15, -0.1) is 0 Å². The van der Waals surface area contributed by atoms with Gasteiger partial charge in [-0.05, 0) is 45.3 Å². The van der Waals surface area contributed by atoms with Crippen molar-refractivity contribution in [3.05, 3.63) is 0 Å². The van der Waals surface area contributed by atoms with E-state index in [-0.39, 0.29) is 0 Å². The Kier molecular flexibility index (Phi) is 7.76. The lowest BCUT2D eigenvalue weighted by Crippen LogP contribution is -2.40. The van der Waals surface area contributed by atoms with E-state index in [2.05, 4.69) is 4.90 Å². The molecule has 0 saturated carbocycles. The zero-order valence-corrected chi connectivity index (χ0v) is 10.5. The molecule has 0 aromatic carbocycles. The summed E-state index contributed by atoms with van der Waals surface area (Å²) in [5.74, 6) is 0. The molecule has 96 valence electrons. The number of nitrogens with zero attached hydrogens (tertiary/aromatic N) is 1. The Morgan fingerprint density at radius 3 is 2.56 bits per heavy atom. The number of piperidine rings is 1. The molecule has 0 atom stereocenters. The Bertz CT molecular complexity index is 159. The van der Waals surface area contributed by atoms with Gasteiger partial charge in [-0.3, -0.25) is 0 Å². The Labute approximate surface area is 99.1 Å². The van der Waals surface area contributed by atoms with Gasteiger partial charge in [0.1, 0.15) is 0 Å². The molecule has 1 aliphatic rings. The summed E-state index contributed by atoms with van der Waals surface area (Å²) in [5.41, 5.74) is 5.86. The lowest BCUT2D eigenvalue weighted by atomic mass is 10.1. The van der Waals surface area contributed by atoms with Crippen LogP contribution < -0.4 is 5.73 Å². The van der Waals surface area contributed by atoms with Gasteiger partial charge in [-0.1, -0.05) is 0 Å². The number of rotatable bonds is 8. The number of hydrogen-bond donors (Lipinski definition) is 1. The van der Waals surface area contributed by atoms with E-state index in [1.165, 1.54) is 26.1 Å². The molecule has 1 fully saturated rings. The number of nitrogens with two attached hydrogens (primary N) is 1. The number of ether oxygens (including phenoxy) is 2. The molecule has 1 heterocycles. The fraction of sp³-hybridized carbons (Fsp3) is 1.00. The Balaban J connectivity index is 1.84. The summed E-state index contributed by atoms with van der Waals surface area (Å²) in [4.78, 5) is 2.51. The van der Waals surface area contributed by atoms with Crippen LogP contribution in [-0.4, -0.2) is 57.5 Å². The third-order valence-corrected chi connectivity index (χ3v) is 3.08. The van der Waals surface area contributed by atoms with Gasteiger partial charge in [0.15, 0.2) is 0 Å². The average Bonchev–Trinajstić information content (AvgIpc) is 2.30. The topological polar surface area (TPSA) is 47.7 Å². The molecule has 0 aliphatic carbocycles. The smallest absolute Gasteiger partial charge is 0.0700 e.